The molecule has 4 aromatic rings. The highest BCUT2D eigenvalue weighted by Gasteiger charge is 2.15. The van der Waals surface area contributed by atoms with Crippen molar-refractivity contribution >= 4 is 22.3 Å². The number of hydrogen-bond donors (Lipinski definition) is 1. The molecule has 1 heterocycles. The first-order valence-electron chi connectivity index (χ1n) is 9.63. The topological polar surface area (TPSA) is 69.0 Å². The molecule has 0 aliphatic rings. The Balaban J connectivity index is 1.84. The average Bonchev–Trinajstić information content (AvgIpc) is 2.76. The van der Waals surface area contributed by atoms with Crippen LogP contribution in [0.5, 0.6) is 0 Å². The van der Waals surface area contributed by atoms with Crippen molar-refractivity contribution in [3.05, 3.63) is 117 Å². The van der Waals surface area contributed by atoms with Gasteiger partial charge >= 0.3 is 0 Å². The molecular formula is C24H19ClN2O3S. The maximum absolute atomic E-state index is 13.5. The Kier molecular flexibility index (Phi) is 6.30. The van der Waals surface area contributed by atoms with Gasteiger partial charge in [0.05, 0.1) is 17.6 Å². The lowest BCUT2D eigenvalue weighted by Gasteiger charge is -2.13. The largest absolute Gasteiger partial charge is 0.275 e. The minimum absolute atomic E-state index is 0.0128. The third-order valence-corrected chi connectivity index (χ3v) is 5.79. The predicted molar refractivity (Wildman–Crippen MR) is 124 cm³/mol. The summed E-state index contributed by atoms with van der Waals surface area (Å²) in [6.45, 7) is 0. The van der Waals surface area contributed by atoms with Gasteiger partial charge < -0.3 is 0 Å². The standard InChI is InChI=1S/C24H19ClN2O3S/c25-20-7-4-8-21(14-20)27-24(28)22(13-17-5-2-1-3-6-17)23(15-26-27)19-11-9-18(10-12-19)16-31(29)30/h1-12,14-15,31H,13,16H2. The van der Waals surface area contributed by atoms with Crippen LogP contribution in [0.1, 0.15) is 16.7 Å². The van der Waals surface area contributed by atoms with Crippen LogP contribution in [0, 0.1) is 0 Å². The molecule has 3 aromatic carbocycles. The van der Waals surface area contributed by atoms with E-state index in [4.69, 9.17) is 11.6 Å². The molecule has 0 N–H and O–H groups in total. The fourth-order valence-corrected chi connectivity index (χ4v) is 4.13. The van der Waals surface area contributed by atoms with Crippen LogP contribution in [0.2, 0.25) is 5.02 Å². The maximum Gasteiger partial charge on any atom is 0.275 e. The summed E-state index contributed by atoms with van der Waals surface area (Å²) in [4.78, 5) is 13.5. The van der Waals surface area contributed by atoms with Gasteiger partial charge in [-0.3, -0.25) is 4.79 Å². The van der Waals surface area contributed by atoms with E-state index in [-0.39, 0.29) is 11.3 Å². The summed E-state index contributed by atoms with van der Waals surface area (Å²) in [6, 6.07) is 23.9. The SMILES string of the molecule is O=c1c(Cc2ccccc2)c(-c2ccc(C[SH](=O)=O)cc2)cnn1-c1cccc(Cl)c1. The van der Waals surface area contributed by atoms with Crippen LogP contribution >= 0.6 is 11.6 Å². The van der Waals surface area contributed by atoms with Crippen molar-refractivity contribution < 1.29 is 8.42 Å². The molecule has 0 radical (unpaired) electrons. The Morgan fingerprint density at radius 3 is 2.29 bits per heavy atom. The van der Waals surface area contributed by atoms with E-state index in [1.807, 2.05) is 42.5 Å². The fourth-order valence-electron chi connectivity index (χ4n) is 3.44. The number of hydrogen-bond acceptors (Lipinski definition) is 4. The van der Waals surface area contributed by atoms with E-state index >= 15 is 0 Å². The fraction of sp³-hybridized carbons (Fsp3) is 0.0833. The molecule has 5 nitrogen and oxygen atoms in total. The lowest BCUT2D eigenvalue weighted by molar-refractivity contribution is 0.614. The van der Waals surface area contributed by atoms with Gasteiger partial charge in [-0.1, -0.05) is 72.3 Å². The quantitative estimate of drug-likeness (QED) is 0.446. The van der Waals surface area contributed by atoms with Crippen molar-refractivity contribution in [2.75, 3.05) is 0 Å². The Morgan fingerprint density at radius 2 is 1.61 bits per heavy atom. The second-order valence-electron chi connectivity index (χ2n) is 7.08. The van der Waals surface area contributed by atoms with Gasteiger partial charge in [-0.25, -0.2) is 8.42 Å². The van der Waals surface area contributed by atoms with E-state index in [2.05, 4.69) is 5.10 Å². The Hall–Kier alpha value is -3.22. The molecule has 31 heavy (non-hydrogen) atoms. The van der Waals surface area contributed by atoms with Crippen LogP contribution in [-0.4, -0.2) is 18.2 Å². The molecule has 0 aliphatic heterocycles. The van der Waals surface area contributed by atoms with Crippen molar-refractivity contribution in [1.82, 2.24) is 9.78 Å². The number of halogens is 1. The Bertz CT molecular complexity index is 1340. The lowest BCUT2D eigenvalue weighted by atomic mass is 9.97. The van der Waals surface area contributed by atoms with E-state index in [0.29, 0.717) is 33.8 Å². The molecule has 7 heteroatoms. The van der Waals surface area contributed by atoms with Crippen molar-refractivity contribution in [3.8, 4) is 16.8 Å². The number of rotatable bonds is 6. The minimum atomic E-state index is -2.49. The van der Waals surface area contributed by atoms with Gasteiger partial charge in [0.25, 0.3) is 5.56 Å². The van der Waals surface area contributed by atoms with Gasteiger partial charge in [0, 0.05) is 22.6 Å². The van der Waals surface area contributed by atoms with Gasteiger partial charge in [-0.2, -0.15) is 9.78 Å². The Morgan fingerprint density at radius 1 is 0.871 bits per heavy atom. The number of benzene rings is 3. The lowest BCUT2D eigenvalue weighted by Crippen LogP contribution is -2.25. The van der Waals surface area contributed by atoms with E-state index < -0.39 is 10.7 Å². The molecule has 0 spiro atoms. The number of aromatic nitrogens is 2. The summed E-state index contributed by atoms with van der Waals surface area (Å²) in [5.41, 5.74) is 4.19. The summed E-state index contributed by atoms with van der Waals surface area (Å²) in [5.74, 6) is -0.0128. The van der Waals surface area contributed by atoms with Gasteiger partial charge in [-0.05, 0) is 34.9 Å². The van der Waals surface area contributed by atoms with E-state index in [1.54, 1.807) is 42.6 Å². The van der Waals surface area contributed by atoms with E-state index in [9.17, 15) is 13.2 Å². The van der Waals surface area contributed by atoms with Crippen LogP contribution < -0.4 is 5.56 Å². The van der Waals surface area contributed by atoms with Gasteiger partial charge in [0.15, 0.2) is 0 Å². The van der Waals surface area contributed by atoms with Crippen molar-refractivity contribution in [3.63, 3.8) is 0 Å². The molecule has 0 amide bonds. The third-order valence-electron chi connectivity index (χ3n) is 4.93. The predicted octanol–water partition coefficient (Wildman–Crippen LogP) is 4.26. The van der Waals surface area contributed by atoms with Gasteiger partial charge in [0.2, 0.25) is 0 Å². The second-order valence-corrected chi connectivity index (χ2v) is 8.50. The minimum Gasteiger partial charge on any atom is -0.267 e. The first kappa shape index (κ1) is 21.0. The van der Waals surface area contributed by atoms with Crippen LogP contribution in [0.4, 0.5) is 0 Å². The van der Waals surface area contributed by atoms with Crippen LogP contribution in [0.25, 0.3) is 16.8 Å². The van der Waals surface area contributed by atoms with Crippen LogP contribution in [-0.2, 0) is 22.9 Å². The molecule has 1 aromatic heterocycles. The zero-order valence-electron chi connectivity index (χ0n) is 16.4. The highest BCUT2D eigenvalue weighted by molar-refractivity contribution is 7.71. The van der Waals surface area contributed by atoms with E-state index in [0.717, 1.165) is 11.1 Å². The summed E-state index contributed by atoms with van der Waals surface area (Å²) in [6.07, 6.45) is 2.11. The average molecular weight is 451 g/mol. The molecule has 0 aliphatic carbocycles. The molecule has 0 saturated heterocycles. The zero-order valence-corrected chi connectivity index (χ0v) is 18.1. The van der Waals surface area contributed by atoms with Crippen LogP contribution in [0.15, 0.2) is 89.9 Å². The van der Waals surface area contributed by atoms with Crippen LogP contribution in [0.3, 0.4) is 0 Å². The van der Waals surface area contributed by atoms with Crippen molar-refractivity contribution in [1.29, 1.82) is 0 Å². The molecular weight excluding hydrogens is 432 g/mol. The normalized spacial score (nSPS) is 11.0. The molecule has 0 atom stereocenters. The highest BCUT2D eigenvalue weighted by atomic mass is 35.5. The molecule has 0 bridgehead atoms. The second kappa shape index (κ2) is 9.29. The van der Waals surface area contributed by atoms with Crippen molar-refractivity contribution in [2.45, 2.75) is 12.2 Å². The first-order valence-corrected chi connectivity index (χ1v) is 11.4. The highest BCUT2D eigenvalue weighted by Crippen LogP contribution is 2.24. The number of thiol groups is 1. The summed E-state index contributed by atoms with van der Waals surface area (Å²) >= 11 is 6.11. The number of nitrogens with zero attached hydrogens (tertiary/aromatic N) is 2. The zero-order chi connectivity index (χ0) is 21.8. The Labute approximate surface area is 186 Å². The summed E-state index contributed by atoms with van der Waals surface area (Å²) in [7, 11) is -2.49. The summed E-state index contributed by atoms with van der Waals surface area (Å²) in [5, 5.41) is 4.91. The maximum atomic E-state index is 13.5. The molecule has 0 saturated carbocycles. The van der Waals surface area contributed by atoms with E-state index in [1.165, 1.54) is 4.68 Å². The smallest absolute Gasteiger partial charge is 0.267 e. The third kappa shape index (κ3) is 4.93. The molecule has 0 fully saturated rings. The monoisotopic (exact) mass is 450 g/mol. The van der Waals surface area contributed by atoms with Crippen molar-refractivity contribution in [2.24, 2.45) is 0 Å². The van der Waals surface area contributed by atoms with Gasteiger partial charge in [-0.15, -0.1) is 0 Å². The molecule has 4 rings (SSSR count). The molecule has 156 valence electrons. The van der Waals surface area contributed by atoms with Gasteiger partial charge in [0.1, 0.15) is 10.7 Å². The first-order chi connectivity index (χ1) is 15.0. The summed E-state index contributed by atoms with van der Waals surface area (Å²) < 4.78 is 23.3. The molecule has 0 unspecified atom stereocenters.